The lowest BCUT2D eigenvalue weighted by atomic mass is 10.1. The van der Waals surface area contributed by atoms with Crippen LogP contribution in [0.2, 0.25) is 0 Å². The number of hydrogen-bond acceptors (Lipinski definition) is 8. The molecule has 0 aliphatic rings. The van der Waals surface area contributed by atoms with Crippen LogP contribution in [0.3, 0.4) is 0 Å². The van der Waals surface area contributed by atoms with Crippen LogP contribution in [0, 0.1) is 22.7 Å². The van der Waals surface area contributed by atoms with Crippen molar-refractivity contribution in [3.63, 3.8) is 0 Å². The van der Waals surface area contributed by atoms with E-state index in [4.69, 9.17) is 20.0 Å². The molecule has 0 spiro atoms. The summed E-state index contributed by atoms with van der Waals surface area (Å²) in [5, 5.41) is 22.8. The molecule has 0 radical (unpaired) electrons. The number of esters is 2. The van der Waals surface area contributed by atoms with Crippen LogP contribution in [-0.4, -0.2) is 37.0 Å². The van der Waals surface area contributed by atoms with E-state index in [2.05, 4.69) is 10.6 Å². The van der Waals surface area contributed by atoms with Crippen LogP contribution in [0.5, 0.6) is 0 Å². The molecule has 3 rings (SSSR count). The summed E-state index contributed by atoms with van der Waals surface area (Å²) in [4.78, 5) is 48.3. The van der Waals surface area contributed by atoms with Crippen molar-refractivity contribution < 1.29 is 28.7 Å². The first-order chi connectivity index (χ1) is 17.4. The van der Waals surface area contributed by atoms with Gasteiger partial charge in [0, 0.05) is 11.4 Å². The van der Waals surface area contributed by atoms with Crippen LogP contribution in [0.25, 0.3) is 0 Å². The van der Waals surface area contributed by atoms with Gasteiger partial charge in [0.1, 0.15) is 0 Å². The monoisotopic (exact) mass is 482 g/mol. The van der Waals surface area contributed by atoms with Gasteiger partial charge in [0.05, 0.1) is 34.4 Å². The summed E-state index contributed by atoms with van der Waals surface area (Å²) in [5.74, 6) is -2.74. The number of rotatable bonds is 8. The molecule has 2 amide bonds. The minimum absolute atomic E-state index is 0.0981. The normalized spacial score (nSPS) is 9.72. The second-order valence-electron chi connectivity index (χ2n) is 7.21. The van der Waals surface area contributed by atoms with Gasteiger partial charge in [-0.3, -0.25) is 9.59 Å². The second kappa shape index (κ2) is 12.1. The van der Waals surface area contributed by atoms with E-state index >= 15 is 0 Å². The highest BCUT2D eigenvalue weighted by atomic mass is 16.5. The Morgan fingerprint density at radius 3 is 1.39 bits per heavy atom. The van der Waals surface area contributed by atoms with Gasteiger partial charge in [-0.25, -0.2) is 9.59 Å². The Hall–Kier alpha value is -5.48. The van der Waals surface area contributed by atoms with Gasteiger partial charge < -0.3 is 20.1 Å². The van der Waals surface area contributed by atoms with E-state index in [-0.39, 0.29) is 11.1 Å². The topological polar surface area (TPSA) is 158 Å². The largest absolute Gasteiger partial charge is 0.452 e. The molecule has 36 heavy (non-hydrogen) atoms. The van der Waals surface area contributed by atoms with Gasteiger partial charge in [0.2, 0.25) is 0 Å². The van der Waals surface area contributed by atoms with Crippen LogP contribution in [-0.2, 0) is 19.1 Å². The zero-order valence-corrected chi connectivity index (χ0v) is 18.7. The highest BCUT2D eigenvalue weighted by Gasteiger charge is 2.14. The fourth-order valence-corrected chi connectivity index (χ4v) is 2.90. The Labute approximate surface area is 205 Å². The van der Waals surface area contributed by atoms with Gasteiger partial charge in [-0.15, -0.1) is 0 Å². The minimum Gasteiger partial charge on any atom is -0.452 e. The van der Waals surface area contributed by atoms with E-state index in [0.717, 1.165) is 0 Å². The van der Waals surface area contributed by atoms with Crippen LogP contribution in [0.15, 0.2) is 72.8 Å². The number of nitrogens with one attached hydrogen (secondary N) is 2. The first-order valence-corrected chi connectivity index (χ1v) is 10.4. The van der Waals surface area contributed by atoms with E-state index < -0.39 is 37.0 Å². The van der Waals surface area contributed by atoms with Crippen molar-refractivity contribution >= 4 is 35.1 Å². The molecule has 178 valence electrons. The van der Waals surface area contributed by atoms with Gasteiger partial charge in [-0.2, -0.15) is 10.5 Å². The molecular weight excluding hydrogens is 464 g/mol. The maximum absolute atomic E-state index is 12.2. The fraction of sp³-hybridized carbons (Fsp3) is 0.0769. The Bertz CT molecular complexity index is 1280. The predicted molar refractivity (Wildman–Crippen MR) is 127 cm³/mol. The van der Waals surface area contributed by atoms with Gasteiger partial charge in [-0.05, 0) is 60.7 Å². The quantitative estimate of drug-likeness (QED) is 0.464. The first-order valence-electron chi connectivity index (χ1n) is 10.4. The number of nitriles is 2. The lowest BCUT2D eigenvalue weighted by Gasteiger charge is -2.08. The van der Waals surface area contributed by atoms with E-state index in [1.165, 1.54) is 36.4 Å². The third-order valence-corrected chi connectivity index (χ3v) is 4.58. The van der Waals surface area contributed by atoms with Crippen molar-refractivity contribution in [1.82, 2.24) is 0 Å². The maximum Gasteiger partial charge on any atom is 0.338 e. The molecule has 10 nitrogen and oxygen atoms in total. The molecule has 0 bridgehead atoms. The van der Waals surface area contributed by atoms with E-state index in [9.17, 15) is 19.2 Å². The molecule has 2 N–H and O–H groups in total. The molecule has 0 atom stereocenters. The van der Waals surface area contributed by atoms with Crippen molar-refractivity contribution in [1.29, 1.82) is 10.5 Å². The molecule has 0 aromatic heterocycles. The first kappa shape index (κ1) is 25.1. The third-order valence-electron chi connectivity index (χ3n) is 4.58. The molecule has 0 unspecified atom stereocenters. The van der Waals surface area contributed by atoms with Crippen LogP contribution >= 0.6 is 0 Å². The lowest BCUT2D eigenvalue weighted by Crippen LogP contribution is -2.21. The third kappa shape index (κ3) is 7.27. The minimum atomic E-state index is -0.783. The highest BCUT2D eigenvalue weighted by molar-refractivity contribution is 5.97. The zero-order valence-electron chi connectivity index (χ0n) is 18.7. The zero-order chi connectivity index (χ0) is 25.9. The molecule has 0 aliphatic heterocycles. The van der Waals surface area contributed by atoms with Crippen molar-refractivity contribution in [2.24, 2.45) is 0 Å². The molecule has 0 fully saturated rings. The molecule has 3 aromatic rings. The molecule has 10 heteroatoms. The summed E-state index contributed by atoms with van der Waals surface area (Å²) in [6, 6.07) is 21.7. The number of benzene rings is 3. The lowest BCUT2D eigenvalue weighted by molar-refractivity contribution is -0.119. The van der Waals surface area contributed by atoms with Crippen molar-refractivity contribution in [3.05, 3.63) is 95.1 Å². The number of amides is 2. The Morgan fingerprint density at radius 1 is 0.639 bits per heavy atom. The smallest absolute Gasteiger partial charge is 0.338 e. The second-order valence-corrected chi connectivity index (χ2v) is 7.21. The van der Waals surface area contributed by atoms with Gasteiger partial charge >= 0.3 is 11.9 Å². The Morgan fingerprint density at radius 2 is 1.03 bits per heavy atom. The SMILES string of the molecule is N#Cc1cccc(NC(=O)COC(=O)c2ccc(C(=O)OCC(=O)Nc3cccc(C#N)c3)cc2)c1. The highest BCUT2D eigenvalue weighted by Crippen LogP contribution is 2.12. The number of anilines is 2. The number of carbonyl (C=O) groups is 4. The fourth-order valence-electron chi connectivity index (χ4n) is 2.90. The average Bonchev–Trinajstić information content (AvgIpc) is 2.90. The van der Waals surface area contributed by atoms with Crippen molar-refractivity contribution in [2.45, 2.75) is 0 Å². The summed E-state index contributed by atoms with van der Waals surface area (Å²) < 4.78 is 9.93. The van der Waals surface area contributed by atoms with Crippen molar-refractivity contribution in [2.75, 3.05) is 23.8 Å². The van der Waals surface area contributed by atoms with Gasteiger partial charge in [-0.1, -0.05) is 12.1 Å². The summed E-state index contributed by atoms with van der Waals surface area (Å²) >= 11 is 0. The number of ether oxygens (including phenoxy) is 2. The van der Waals surface area contributed by atoms with Gasteiger partial charge in [0.15, 0.2) is 13.2 Å². The van der Waals surface area contributed by atoms with Crippen LogP contribution in [0.4, 0.5) is 11.4 Å². The summed E-state index contributed by atoms with van der Waals surface area (Å²) in [6.45, 7) is -1.10. The standard InChI is InChI=1S/C26H18N4O6/c27-13-17-3-1-5-21(11-17)29-23(31)15-35-25(33)19-7-9-20(10-8-19)26(34)36-16-24(32)30-22-6-2-4-18(12-22)14-28/h1-12H,15-16H2,(H,29,31)(H,30,32). The Kier molecular flexibility index (Phi) is 8.46. The van der Waals surface area contributed by atoms with E-state index in [0.29, 0.717) is 22.5 Å². The number of nitrogens with zero attached hydrogens (tertiary/aromatic N) is 2. The number of carbonyl (C=O) groups excluding carboxylic acids is 4. The van der Waals surface area contributed by atoms with Gasteiger partial charge in [0.25, 0.3) is 11.8 Å². The van der Waals surface area contributed by atoms with Crippen molar-refractivity contribution in [3.8, 4) is 12.1 Å². The molecule has 0 saturated heterocycles. The molecule has 0 saturated carbocycles. The summed E-state index contributed by atoms with van der Waals surface area (Å²) in [6.07, 6.45) is 0. The van der Waals surface area contributed by atoms with E-state index in [1.54, 1.807) is 36.4 Å². The van der Waals surface area contributed by atoms with Crippen LogP contribution < -0.4 is 10.6 Å². The summed E-state index contributed by atoms with van der Waals surface area (Å²) in [5.41, 5.74) is 1.72. The molecular formula is C26H18N4O6. The number of hydrogen-bond donors (Lipinski definition) is 2. The molecule has 0 aliphatic carbocycles. The maximum atomic E-state index is 12.2. The van der Waals surface area contributed by atoms with Crippen LogP contribution in [0.1, 0.15) is 31.8 Å². The Balaban J connectivity index is 1.45. The van der Waals surface area contributed by atoms with E-state index in [1.807, 2.05) is 12.1 Å². The predicted octanol–water partition coefficient (Wildman–Crippen LogP) is 3.02. The summed E-state index contributed by atoms with van der Waals surface area (Å²) in [7, 11) is 0. The molecule has 3 aromatic carbocycles. The average molecular weight is 482 g/mol. The molecule has 0 heterocycles.